The third-order valence-electron chi connectivity index (χ3n) is 5.82. The van der Waals surface area contributed by atoms with Gasteiger partial charge in [-0.15, -0.1) is 0 Å². The van der Waals surface area contributed by atoms with Gasteiger partial charge < -0.3 is 19.5 Å². The van der Waals surface area contributed by atoms with Crippen LogP contribution in [0.4, 0.5) is 5.69 Å². The number of amides is 1. The summed E-state index contributed by atoms with van der Waals surface area (Å²) in [5.41, 5.74) is 6.10. The normalized spacial score (nSPS) is 10.6. The predicted molar refractivity (Wildman–Crippen MR) is 143 cm³/mol. The van der Waals surface area contributed by atoms with Gasteiger partial charge in [0.15, 0.2) is 0 Å². The number of methoxy groups -OCH3 is 2. The van der Waals surface area contributed by atoms with Crippen LogP contribution in [0.1, 0.15) is 25.0 Å². The molecule has 190 valence electrons. The molecular formula is C29H29N3O5. The number of hydrogen-bond acceptors (Lipinski definition) is 6. The number of aryl methyl sites for hydroxylation is 2. The van der Waals surface area contributed by atoms with Gasteiger partial charge in [0.25, 0.3) is 0 Å². The molecule has 0 unspecified atom stereocenters. The molecule has 1 heterocycles. The molecule has 3 aromatic carbocycles. The van der Waals surface area contributed by atoms with Crippen molar-refractivity contribution in [3.05, 3.63) is 71.8 Å². The maximum Gasteiger partial charge on any atom is 0.309 e. The van der Waals surface area contributed by atoms with E-state index in [1.54, 1.807) is 37.1 Å². The van der Waals surface area contributed by atoms with Gasteiger partial charge in [0, 0.05) is 31.2 Å². The summed E-state index contributed by atoms with van der Waals surface area (Å²) >= 11 is 0. The lowest BCUT2D eigenvalue weighted by Gasteiger charge is -2.12. The first kappa shape index (κ1) is 25.5. The van der Waals surface area contributed by atoms with Gasteiger partial charge in [-0.2, -0.15) is 9.78 Å². The van der Waals surface area contributed by atoms with E-state index in [2.05, 4.69) is 5.32 Å². The van der Waals surface area contributed by atoms with Gasteiger partial charge in [0.05, 0.1) is 25.5 Å². The average molecular weight is 500 g/mol. The standard InChI is InChI=1S/C29H29N3O5/c1-17-7-14-25(18(2)15-17)32-29(37-20(4)34)27(21-8-10-22(11-9-21)30-19(3)33)28(31-32)24-13-12-23(35-5)16-26(24)36-6/h7-16H,1-6H3,(H,30,33). The van der Waals surface area contributed by atoms with Gasteiger partial charge in [0.1, 0.15) is 17.2 Å². The van der Waals surface area contributed by atoms with Gasteiger partial charge >= 0.3 is 5.97 Å². The second-order valence-electron chi connectivity index (χ2n) is 8.65. The van der Waals surface area contributed by atoms with Gasteiger partial charge in [0.2, 0.25) is 11.8 Å². The molecule has 0 aliphatic carbocycles. The predicted octanol–water partition coefficient (Wildman–Crippen LogP) is 5.72. The lowest BCUT2D eigenvalue weighted by atomic mass is 10.00. The highest BCUT2D eigenvalue weighted by Crippen LogP contribution is 2.44. The topological polar surface area (TPSA) is 91.7 Å². The Morgan fingerprint density at radius 1 is 0.892 bits per heavy atom. The summed E-state index contributed by atoms with van der Waals surface area (Å²) in [7, 11) is 3.17. The minimum atomic E-state index is -0.477. The van der Waals surface area contributed by atoms with Crippen LogP contribution in [-0.4, -0.2) is 35.9 Å². The first-order valence-electron chi connectivity index (χ1n) is 11.7. The van der Waals surface area contributed by atoms with E-state index in [0.717, 1.165) is 22.4 Å². The van der Waals surface area contributed by atoms with E-state index in [4.69, 9.17) is 19.3 Å². The first-order chi connectivity index (χ1) is 17.7. The molecular weight excluding hydrogens is 470 g/mol. The van der Waals surface area contributed by atoms with E-state index in [1.165, 1.54) is 13.8 Å². The minimum absolute atomic E-state index is 0.167. The van der Waals surface area contributed by atoms with E-state index in [0.29, 0.717) is 34.0 Å². The Kier molecular flexibility index (Phi) is 7.29. The summed E-state index contributed by atoms with van der Waals surface area (Å²) < 4.78 is 18.5. The molecule has 1 aromatic heterocycles. The van der Waals surface area contributed by atoms with E-state index >= 15 is 0 Å². The molecule has 0 aliphatic rings. The highest BCUT2D eigenvalue weighted by atomic mass is 16.5. The molecule has 0 bridgehead atoms. The monoisotopic (exact) mass is 499 g/mol. The van der Waals surface area contributed by atoms with Crippen molar-refractivity contribution < 1.29 is 23.8 Å². The Morgan fingerprint density at radius 2 is 1.62 bits per heavy atom. The number of carbonyl (C=O) groups is 2. The van der Waals surface area contributed by atoms with Crippen LogP contribution in [0.3, 0.4) is 0 Å². The minimum Gasteiger partial charge on any atom is -0.497 e. The number of rotatable bonds is 7. The van der Waals surface area contributed by atoms with Gasteiger partial charge in [-0.25, -0.2) is 0 Å². The third-order valence-corrected chi connectivity index (χ3v) is 5.82. The van der Waals surface area contributed by atoms with Crippen molar-refractivity contribution in [1.82, 2.24) is 9.78 Å². The number of esters is 1. The Morgan fingerprint density at radius 3 is 2.22 bits per heavy atom. The fourth-order valence-electron chi connectivity index (χ4n) is 4.21. The number of benzene rings is 3. The molecule has 0 fully saturated rings. The van der Waals surface area contributed by atoms with Gasteiger partial charge in [-0.3, -0.25) is 9.59 Å². The van der Waals surface area contributed by atoms with Gasteiger partial charge in [-0.05, 0) is 55.3 Å². The molecule has 1 N–H and O–H groups in total. The van der Waals surface area contributed by atoms with Crippen LogP contribution in [-0.2, 0) is 9.59 Å². The molecule has 37 heavy (non-hydrogen) atoms. The maximum absolute atomic E-state index is 12.3. The van der Waals surface area contributed by atoms with Crippen molar-refractivity contribution >= 4 is 17.6 Å². The van der Waals surface area contributed by atoms with Gasteiger partial charge in [-0.1, -0.05) is 29.8 Å². The van der Waals surface area contributed by atoms with Crippen LogP contribution in [0.25, 0.3) is 28.1 Å². The quantitative estimate of drug-likeness (QED) is 0.327. The Labute approximate surface area is 215 Å². The zero-order valence-corrected chi connectivity index (χ0v) is 21.7. The molecule has 4 rings (SSSR count). The molecule has 8 heteroatoms. The second-order valence-corrected chi connectivity index (χ2v) is 8.65. The lowest BCUT2D eigenvalue weighted by molar-refractivity contribution is -0.132. The van der Waals surface area contributed by atoms with Crippen LogP contribution in [0.5, 0.6) is 17.4 Å². The number of aromatic nitrogens is 2. The zero-order valence-electron chi connectivity index (χ0n) is 21.7. The fourth-order valence-corrected chi connectivity index (χ4v) is 4.21. The Balaban J connectivity index is 2.04. The summed E-state index contributed by atoms with van der Waals surface area (Å²) in [4.78, 5) is 23.8. The Hall–Kier alpha value is -4.59. The molecule has 0 saturated carbocycles. The van der Waals surface area contributed by atoms with Crippen molar-refractivity contribution in [3.63, 3.8) is 0 Å². The molecule has 8 nitrogen and oxygen atoms in total. The highest BCUT2D eigenvalue weighted by molar-refractivity contribution is 5.91. The average Bonchev–Trinajstić information content (AvgIpc) is 3.21. The van der Waals surface area contributed by atoms with E-state index in [9.17, 15) is 9.59 Å². The number of hydrogen-bond donors (Lipinski definition) is 1. The van der Waals surface area contributed by atoms with Crippen molar-refractivity contribution in [3.8, 4) is 45.5 Å². The van der Waals surface area contributed by atoms with E-state index in [-0.39, 0.29) is 11.8 Å². The number of anilines is 1. The van der Waals surface area contributed by atoms with E-state index < -0.39 is 5.97 Å². The lowest BCUT2D eigenvalue weighted by Crippen LogP contribution is -2.09. The van der Waals surface area contributed by atoms with Crippen molar-refractivity contribution in [2.75, 3.05) is 19.5 Å². The fraction of sp³-hybridized carbons (Fsp3) is 0.207. The van der Waals surface area contributed by atoms with Crippen LogP contribution >= 0.6 is 0 Å². The van der Waals surface area contributed by atoms with E-state index in [1.807, 2.05) is 56.3 Å². The molecule has 0 saturated heterocycles. The molecule has 4 aromatic rings. The summed E-state index contributed by atoms with van der Waals surface area (Å²) in [6.07, 6.45) is 0. The second kappa shape index (κ2) is 10.6. The summed E-state index contributed by atoms with van der Waals surface area (Å²) in [6.45, 7) is 6.81. The number of nitrogens with one attached hydrogen (secondary N) is 1. The summed E-state index contributed by atoms with van der Waals surface area (Å²) in [5, 5.41) is 7.73. The first-order valence-corrected chi connectivity index (χ1v) is 11.7. The SMILES string of the molecule is COc1ccc(-c2nn(-c3ccc(C)cc3C)c(OC(C)=O)c2-c2ccc(NC(C)=O)cc2)c(OC)c1. The van der Waals surface area contributed by atoms with Crippen LogP contribution in [0.15, 0.2) is 60.7 Å². The third kappa shape index (κ3) is 5.33. The maximum atomic E-state index is 12.3. The van der Waals surface area contributed by atoms with Crippen molar-refractivity contribution in [1.29, 1.82) is 0 Å². The number of carbonyl (C=O) groups excluding carboxylic acids is 2. The molecule has 1 amide bonds. The van der Waals surface area contributed by atoms with Crippen molar-refractivity contribution in [2.45, 2.75) is 27.7 Å². The highest BCUT2D eigenvalue weighted by Gasteiger charge is 2.27. The molecule has 0 spiro atoms. The smallest absolute Gasteiger partial charge is 0.309 e. The Bertz CT molecular complexity index is 1470. The summed E-state index contributed by atoms with van der Waals surface area (Å²) in [6, 6.07) is 18.7. The van der Waals surface area contributed by atoms with Crippen molar-refractivity contribution in [2.24, 2.45) is 0 Å². The molecule has 0 radical (unpaired) electrons. The number of nitrogens with zero attached hydrogens (tertiary/aromatic N) is 2. The largest absolute Gasteiger partial charge is 0.497 e. The molecule has 0 aliphatic heterocycles. The zero-order chi connectivity index (χ0) is 26.7. The van der Waals surface area contributed by atoms with Crippen LogP contribution in [0.2, 0.25) is 0 Å². The van der Waals surface area contributed by atoms with Crippen LogP contribution in [0, 0.1) is 13.8 Å². The number of ether oxygens (including phenoxy) is 3. The van der Waals surface area contributed by atoms with Crippen LogP contribution < -0.4 is 19.5 Å². The molecule has 0 atom stereocenters. The summed E-state index contributed by atoms with van der Waals surface area (Å²) in [5.74, 6) is 0.820.